The van der Waals surface area contributed by atoms with E-state index in [2.05, 4.69) is 15.9 Å². The SMILES string of the molecule is CC(=O)C(Cl)c1cccc(C(O)C(=O)O)c1CBr. The smallest absolute Gasteiger partial charge is 0.337 e. The highest BCUT2D eigenvalue weighted by molar-refractivity contribution is 9.08. The molecule has 0 amide bonds. The van der Waals surface area contributed by atoms with E-state index in [4.69, 9.17) is 16.7 Å². The zero-order valence-electron chi connectivity index (χ0n) is 9.56. The Balaban J connectivity index is 3.34. The maximum Gasteiger partial charge on any atom is 0.337 e. The van der Waals surface area contributed by atoms with Crippen LogP contribution in [0, 0.1) is 0 Å². The quantitative estimate of drug-likeness (QED) is 0.811. The Hall–Kier alpha value is -0.910. The van der Waals surface area contributed by atoms with Gasteiger partial charge in [0.15, 0.2) is 11.9 Å². The number of aliphatic hydroxyl groups excluding tert-OH is 1. The fraction of sp³-hybridized carbons (Fsp3) is 0.333. The second kappa shape index (κ2) is 6.31. The van der Waals surface area contributed by atoms with E-state index in [1.165, 1.54) is 13.0 Å². The lowest BCUT2D eigenvalue weighted by Gasteiger charge is -2.17. The van der Waals surface area contributed by atoms with Crippen LogP contribution in [0.2, 0.25) is 0 Å². The van der Waals surface area contributed by atoms with Gasteiger partial charge in [0, 0.05) is 5.33 Å². The van der Waals surface area contributed by atoms with E-state index in [0.29, 0.717) is 16.5 Å². The largest absolute Gasteiger partial charge is 0.479 e. The number of Topliss-reactive ketones (excluding diaryl/α,β-unsaturated/α-hetero) is 1. The molecule has 0 aliphatic heterocycles. The fourth-order valence-corrected chi connectivity index (χ4v) is 2.48. The number of carboxylic acids is 1. The summed E-state index contributed by atoms with van der Waals surface area (Å²) in [6, 6.07) is 4.72. The maximum atomic E-state index is 11.3. The summed E-state index contributed by atoms with van der Waals surface area (Å²) in [5.74, 6) is -1.58. The van der Waals surface area contributed by atoms with E-state index in [1.807, 2.05) is 0 Å². The summed E-state index contributed by atoms with van der Waals surface area (Å²) in [5.41, 5.74) is 1.28. The molecule has 0 radical (unpaired) electrons. The first-order chi connectivity index (χ1) is 8.40. The van der Waals surface area contributed by atoms with Crippen molar-refractivity contribution >= 4 is 39.3 Å². The van der Waals surface area contributed by atoms with Crippen molar-refractivity contribution in [2.75, 3.05) is 0 Å². The lowest BCUT2D eigenvalue weighted by atomic mass is 9.95. The third-order valence-electron chi connectivity index (χ3n) is 2.54. The van der Waals surface area contributed by atoms with Gasteiger partial charge < -0.3 is 10.2 Å². The number of carbonyl (C=O) groups is 2. The summed E-state index contributed by atoms with van der Waals surface area (Å²) in [7, 11) is 0. The molecule has 0 bridgehead atoms. The average molecular weight is 336 g/mol. The van der Waals surface area contributed by atoms with Gasteiger partial charge in [-0.2, -0.15) is 0 Å². The highest BCUT2D eigenvalue weighted by atomic mass is 79.9. The van der Waals surface area contributed by atoms with Crippen LogP contribution in [-0.4, -0.2) is 22.0 Å². The van der Waals surface area contributed by atoms with Gasteiger partial charge in [-0.3, -0.25) is 4.79 Å². The summed E-state index contributed by atoms with van der Waals surface area (Å²) in [6.45, 7) is 1.36. The van der Waals surface area contributed by atoms with Crippen LogP contribution >= 0.6 is 27.5 Å². The number of carboxylic acid groups (broad SMARTS) is 1. The number of benzene rings is 1. The molecule has 2 N–H and O–H groups in total. The van der Waals surface area contributed by atoms with Crippen LogP contribution < -0.4 is 0 Å². The van der Waals surface area contributed by atoms with Crippen LogP contribution in [0.4, 0.5) is 0 Å². The molecule has 0 aliphatic carbocycles. The second-order valence-corrected chi connectivity index (χ2v) is 4.76. The Labute approximate surface area is 118 Å². The number of rotatable bonds is 5. The molecule has 18 heavy (non-hydrogen) atoms. The van der Waals surface area contributed by atoms with Gasteiger partial charge in [-0.1, -0.05) is 34.1 Å². The summed E-state index contributed by atoms with van der Waals surface area (Å²) in [5, 5.41) is 17.9. The normalized spacial score (nSPS) is 14.0. The van der Waals surface area contributed by atoms with Crippen molar-refractivity contribution in [2.24, 2.45) is 0 Å². The summed E-state index contributed by atoms with van der Waals surface area (Å²) in [6.07, 6.45) is -1.63. The van der Waals surface area contributed by atoms with E-state index in [9.17, 15) is 14.7 Å². The third kappa shape index (κ3) is 3.10. The molecule has 1 aromatic carbocycles. The second-order valence-electron chi connectivity index (χ2n) is 3.76. The minimum Gasteiger partial charge on any atom is -0.479 e. The predicted octanol–water partition coefficient (Wildman–Crippen LogP) is 2.57. The zero-order valence-corrected chi connectivity index (χ0v) is 11.9. The van der Waals surface area contributed by atoms with E-state index in [0.717, 1.165) is 0 Å². The summed E-state index contributed by atoms with van der Waals surface area (Å²) < 4.78 is 0. The number of hydrogen-bond acceptors (Lipinski definition) is 3. The first kappa shape index (κ1) is 15.1. The van der Waals surface area contributed by atoms with Crippen molar-refractivity contribution in [2.45, 2.75) is 23.7 Å². The zero-order chi connectivity index (χ0) is 13.9. The molecule has 0 aliphatic rings. The first-order valence-electron chi connectivity index (χ1n) is 5.13. The Morgan fingerprint density at radius 3 is 2.39 bits per heavy atom. The lowest BCUT2D eigenvalue weighted by Crippen LogP contribution is -2.15. The van der Waals surface area contributed by atoms with Crippen molar-refractivity contribution in [1.82, 2.24) is 0 Å². The van der Waals surface area contributed by atoms with Gasteiger partial charge in [0.2, 0.25) is 0 Å². The van der Waals surface area contributed by atoms with E-state index in [-0.39, 0.29) is 11.3 Å². The van der Waals surface area contributed by atoms with E-state index < -0.39 is 17.5 Å². The molecule has 1 aromatic rings. The molecule has 0 fully saturated rings. The fourth-order valence-electron chi connectivity index (χ4n) is 1.62. The molecule has 0 spiro atoms. The van der Waals surface area contributed by atoms with Gasteiger partial charge in [0.1, 0.15) is 5.38 Å². The highest BCUT2D eigenvalue weighted by Gasteiger charge is 2.24. The first-order valence-corrected chi connectivity index (χ1v) is 6.69. The van der Waals surface area contributed by atoms with Crippen LogP contribution in [0.1, 0.15) is 35.1 Å². The number of aliphatic carboxylic acids is 1. The predicted molar refractivity (Wildman–Crippen MR) is 70.9 cm³/mol. The van der Waals surface area contributed by atoms with Gasteiger partial charge in [0.25, 0.3) is 0 Å². The van der Waals surface area contributed by atoms with Crippen LogP contribution in [0.3, 0.4) is 0 Å². The number of hydrogen-bond donors (Lipinski definition) is 2. The van der Waals surface area contributed by atoms with Gasteiger partial charge in [-0.15, -0.1) is 11.6 Å². The van der Waals surface area contributed by atoms with Crippen molar-refractivity contribution in [3.8, 4) is 0 Å². The van der Waals surface area contributed by atoms with E-state index in [1.54, 1.807) is 12.1 Å². The van der Waals surface area contributed by atoms with Gasteiger partial charge in [-0.05, 0) is 23.6 Å². The van der Waals surface area contributed by atoms with Gasteiger partial charge in [-0.25, -0.2) is 4.79 Å². The van der Waals surface area contributed by atoms with E-state index >= 15 is 0 Å². The standard InChI is InChI=1S/C12H12BrClO4/c1-6(15)10(14)7-3-2-4-8(9(7)5-13)11(16)12(17)18/h2-4,10-11,16H,5H2,1H3,(H,17,18). The third-order valence-corrected chi connectivity index (χ3v) is 3.64. The van der Waals surface area contributed by atoms with Crippen LogP contribution in [0.15, 0.2) is 18.2 Å². The Bertz CT molecular complexity index is 437. The van der Waals surface area contributed by atoms with Crippen molar-refractivity contribution < 1.29 is 19.8 Å². The molecule has 0 saturated heterocycles. The number of ketones is 1. The Morgan fingerprint density at radius 2 is 1.94 bits per heavy atom. The Kier molecular flexibility index (Phi) is 5.31. The van der Waals surface area contributed by atoms with Crippen LogP contribution in [-0.2, 0) is 14.9 Å². The molecule has 2 unspecified atom stereocenters. The molecular weight excluding hydrogens is 323 g/mol. The molecule has 4 nitrogen and oxygen atoms in total. The maximum absolute atomic E-state index is 11.3. The van der Waals surface area contributed by atoms with Crippen LogP contribution in [0.5, 0.6) is 0 Å². The molecule has 0 heterocycles. The minimum absolute atomic E-state index is 0.235. The molecule has 0 aromatic heterocycles. The van der Waals surface area contributed by atoms with Crippen LogP contribution in [0.25, 0.3) is 0 Å². The van der Waals surface area contributed by atoms with Crippen molar-refractivity contribution in [3.63, 3.8) is 0 Å². The molecule has 6 heteroatoms. The van der Waals surface area contributed by atoms with Gasteiger partial charge >= 0.3 is 5.97 Å². The Morgan fingerprint density at radius 1 is 1.39 bits per heavy atom. The molecule has 98 valence electrons. The molecule has 0 saturated carbocycles. The molecular formula is C12H12BrClO4. The van der Waals surface area contributed by atoms with Gasteiger partial charge in [0.05, 0.1) is 0 Å². The number of halogens is 2. The number of carbonyl (C=O) groups excluding carboxylic acids is 1. The number of alkyl halides is 2. The monoisotopic (exact) mass is 334 g/mol. The van der Waals surface area contributed by atoms with Crippen molar-refractivity contribution in [3.05, 3.63) is 34.9 Å². The lowest BCUT2D eigenvalue weighted by molar-refractivity contribution is -0.147. The minimum atomic E-state index is -1.63. The topological polar surface area (TPSA) is 74.6 Å². The highest BCUT2D eigenvalue weighted by Crippen LogP contribution is 2.31. The molecule has 1 rings (SSSR count). The van der Waals surface area contributed by atoms with Crippen molar-refractivity contribution in [1.29, 1.82) is 0 Å². The number of aliphatic hydroxyl groups is 1. The molecule has 2 atom stereocenters. The summed E-state index contributed by atoms with van der Waals surface area (Å²) in [4.78, 5) is 22.1. The summed E-state index contributed by atoms with van der Waals surface area (Å²) >= 11 is 9.20. The average Bonchev–Trinajstić information content (AvgIpc) is 2.35.